The van der Waals surface area contributed by atoms with Crippen LogP contribution in [-0.2, 0) is 16.0 Å². The molecule has 0 aliphatic heterocycles. The van der Waals surface area contributed by atoms with E-state index in [0.29, 0.717) is 27.6 Å². The molecule has 4 aromatic rings. The Bertz CT molecular complexity index is 1320. The van der Waals surface area contributed by atoms with Gasteiger partial charge in [-0.15, -0.1) is 5.10 Å². The standard InChI is InChI=1S/C23H20ClN5O4/c1-32-21-13-28(20(23(31)33-2)10-15-6-4-3-5-7-15)22(30)12-18(21)17-11-16(24)8-9-19(17)29-14-25-26-27-29/h3-9,11-14,20H,10H2,1-2H3. The Labute approximate surface area is 194 Å². The highest BCUT2D eigenvalue weighted by atomic mass is 35.5. The summed E-state index contributed by atoms with van der Waals surface area (Å²) in [5.74, 6) is -0.166. The number of ether oxygens (including phenoxy) is 2. The second-order valence-electron chi connectivity index (χ2n) is 7.15. The first-order valence-electron chi connectivity index (χ1n) is 9.97. The number of benzene rings is 2. The topological polar surface area (TPSA) is 101 Å². The summed E-state index contributed by atoms with van der Waals surface area (Å²) < 4.78 is 13.4. The minimum absolute atomic E-state index is 0.281. The van der Waals surface area contributed by atoms with Gasteiger partial charge in [0.2, 0.25) is 0 Å². The molecule has 0 fully saturated rings. The summed E-state index contributed by atoms with van der Waals surface area (Å²) in [5.41, 5.74) is 2.16. The fraction of sp³-hybridized carbons (Fsp3) is 0.174. The number of pyridine rings is 1. The van der Waals surface area contributed by atoms with E-state index in [9.17, 15) is 9.59 Å². The highest BCUT2D eigenvalue weighted by molar-refractivity contribution is 6.31. The number of rotatable bonds is 7. The van der Waals surface area contributed by atoms with E-state index < -0.39 is 17.6 Å². The molecule has 0 saturated heterocycles. The average molecular weight is 466 g/mol. The third kappa shape index (κ3) is 4.63. The smallest absolute Gasteiger partial charge is 0.329 e. The zero-order chi connectivity index (χ0) is 23.4. The molecule has 2 aromatic carbocycles. The summed E-state index contributed by atoms with van der Waals surface area (Å²) in [6, 6.07) is 15.1. The Morgan fingerprint density at radius 3 is 2.55 bits per heavy atom. The van der Waals surface area contributed by atoms with Crippen LogP contribution >= 0.6 is 11.6 Å². The predicted octanol–water partition coefficient (Wildman–Crippen LogP) is 3.11. The van der Waals surface area contributed by atoms with Crippen LogP contribution in [0.3, 0.4) is 0 Å². The summed E-state index contributed by atoms with van der Waals surface area (Å²) in [4.78, 5) is 25.8. The van der Waals surface area contributed by atoms with Crippen molar-refractivity contribution in [2.45, 2.75) is 12.5 Å². The third-order valence-corrected chi connectivity index (χ3v) is 5.42. The molecule has 4 rings (SSSR count). The third-order valence-electron chi connectivity index (χ3n) is 5.19. The van der Waals surface area contributed by atoms with Crippen LogP contribution in [0.25, 0.3) is 16.8 Å². The van der Waals surface area contributed by atoms with Crippen molar-refractivity contribution in [1.82, 2.24) is 24.8 Å². The minimum Gasteiger partial charge on any atom is -0.495 e. The predicted molar refractivity (Wildman–Crippen MR) is 122 cm³/mol. The molecule has 0 radical (unpaired) electrons. The molecule has 9 nitrogen and oxygen atoms in total. The maximum atomic E-state index is 13.2. The van der Waals surface area contributed by atoms with Crippen LogP contribution in [0.4, 0.5) is 0 Å². The Kier molecular flexibility index (Phi) is 6.50. The lowest BCUT2D eigenvalue weighted by atomic mass is 10.0. The molecule has 168 valence electrons. The van der Waals surface area contributed by atoms with E-state index in [4.69, 9.17) is 21.1 Å². The van der Waals surface area contributed by atoms with Crippen molar-refractivity contribution in [1.29, 1.82) is 0 Å². The van der Waals surface area contributed by atoms with Gasteiger partial charge in [-0.2, -0.15) is 4.68 Å². The number of hydrogen-bond donors (Lipinski definition) is 0. The molecule has 33 heavy (non-hydrogen) atoms. The number of halogens is 1. The first kappa shape index (κ1) is 22.2. The molecule has 0 amide bonds. The fourth-order valence-corrected chi connectivity index (χ4v) is 3.78. The van der Waals surface area contributed by atoms with Gasteiger partial charge in [0, 0.05) is 28.6 Å². The van der Waals surface area contributed by atoms with Crippen LogP contribution < -0.4 is 10.3 Å². The van der Waals surface area contributed by atoms with Crippen molar-refractivity contribution in [2.75, 3.05) is 14.2 Å². The van der Waals surface area contributed by atoms with Crippen molar-refractivity contribution >= 4 is 17.6 Å². The molecule has 0 aliphatic carbocycles. The molecule has 1 unspecified atom stereocenters. The van der Waals surface area contributed by atoms with Gasteiger partial charge in [-0.1, -0.05) is 41.9 Å². The summed E-state index contributed by atoms with van der Waals surface area (Å²) in [5, 5.41) is 11.7. The van der Waals surface area contributed by atoms with Crippen LogP contribution in [0, 0.1) is 0 Å². The number of tetrazole rings is 1. The number of nitrogens with zero attached hydrogens (tertiary/aromatic N) is 5. The van der Waals surface area contributed by atoms with Crippen molar-refractivity contribution in [2.24, 2.45) is 0 Å². The molecule has 2 heterocycles. The lowest BCUT2D eigenvalue weighted by Crippen LogP contribution is -2.31. The van der Waals surface area contributed by atoms with Crippen molar-refractivity contribution in [3.8, 4) is 22.6 Å². The molecular formula is C23H20ClN5O4. The number of hydrogen-bond acceptors (Lipinski definition) is 7. The van der Waals surface area contributed by atoms with Crippen LogP contribution in [-0.4, -0.2) is 45.0 Å². The van der Waals surface area contributed by atoms with Crippen LogP contribution in [0.1, 0.15) is 11.6 Å². The number of aromatic nitrogens is 5. The Hall–Kier alpha value is -3.98. The van der Waals surface area contributed by atoms with E-state index in [1.165, 1.54) is 42.1 Å². The summed E-state index contributed by atoms with van der Waals surface area (Å²) in [7, 11) is 2.78. The molecule has 0 N–H and O–H groups in total. The maximum Gasteiger partial charge on any atom is 0.329 e. The number of carbonyl (C=O) groups excluding carboxylic acids is 1. The van der Waals surface area contributed by atoms with E-state index in [2.05, 4.69) is 15.5 Å². The lowest BCUT2D eigenvalue weighted by molar-refractivity contribution is -0.144. The molecule has 0 aliphatic rings. The lowest BCUT2D eigenvalue weighted by Gasteiger charge is -2.20. The van der Waals surface area contributed by atoms with E-state index in [-0.39, 0.29) is 6.42 Å². The van der Waals surface area contributed by atoms with Gasteiger partial charge in [-0.3, -0.25) is 9.36 Å². The zero-order valence-corrected chi connectivity index (χ0v) is 18.6. The SMILES string of the molecule is COC(=O)C(Cc1ccccc1)n1cc(OC)c(-c2cc(Cl)ccc2-n2cnnn2)cc1=O. The Morgan fingerprint density at radius 2 is 1.88 bits per heavy atom. The highest BCUT2D eigenvalue weighted by Crippen LogP contribution is 2.35. The number of methoxy groups -OCH3 is 2. The van der Waals surface area contributed by atoms with Gasteiger partial charge < -0.3 is 9.47 Å². The minimum atomic E-state index is -0.869. The number of carbonyl (C=O) groups is 1. The molecule has 10 heteroatoms. The second-order valence-corrected chi connectivity index (χ2v) is 7.58. The van der Waals surface area contributed by atoms with Crippen LogP contribution in [0.5, 0.6) is 5.75 Å². The van der Waals surface area contributed by atoms with Gasteiger partial charge in [0.05, 0.1) is 26.1 Å². The largest absolute Gasteiger partial charge is 0.495 e. The van der Waals surface area contributed by atoms with Crippen molar-refractivity contribution in [3.63, 3.8) is 0 Å². The quantitative estimate of drug-likeness (QED) is 0.386. The summed E-state index contributed by atoms with van der Waals surface area (Å²) >= 11 is 6.25. The molecule has 0 bridgehead atoms. The van der Waals surface area contributed by atoms with Gasteiger partial charge in [0.25, 0.3) is 5.56 Å². The molecule has 1 atom stereocenters. The monoisotopic (exact) mass is 465 g/mol. The normalized spacial score (nSPS) is 11.7. The van der Waals surface area contributed by atoms with Crippen LogP contribution in [0.2, 0.25) is 5.02 Å². The highest BCUT2D eigenvalue weighted by Gasteiger charge is 2.25. The summed E-state index contributed by atoms with van der Waals surface area (Å²) in [6.07, 6.45) is 3.23. The van der Waals surface area contributed by atoms with E-state index in [1.807, 2.05) is 30.3 Å². The van der Waals surface area contributed by atoms with E-state index in [0.717, 1.165) is 5.56 Å². The summed E-state index contributed by atoms with van der Waals surface area (Å²) in [6.45, 7) is 0. The van der Waals surface area contributed by atoms with Crippen LogP contribution in [0.15, 0.2) is 71.9 Å². The zero-order valence-electron chi connectivity index (χ0n) is 17.9. The fourth-order valence-electron chi connectivity index (χ4n) is 3.61. The maximum absolute atomic E-state index is 13.2. The number of esters is 1. The van der Waals surface area contributed by atoms with E-state index >= 15 is 0 Å². The van der Waals surface area contributed by atoms with E-state index in [1.54, 1.807) is 18.2 Å². The Balaban J connectivity index is 1.85. The second kappa shape index (κ2) is 9.66. The van der Waals surface area contributed by atoms with Crippen molar-refractivity contribution < 1.29 is 14.3 Å². The first-order chi connectivity index (χ1) is 16.0. The van der Waals surface area contributed by atoms with Gasteiger partial charge >= 0.3 is 5.97 Å². The Morgan fingerprint density at radius 1 is 1.09 bits per heavy atom. The van der Waals surface area contributed by atoms with Crippen molar-refractivity contribution in [3.05, 3.63) is 88.1 Å². The first-order valence-corrected chi connectivity index (χ1v) is 10.3. The molecule has 2 aromatic heterocycles. The van der Waals surface area contributed by atoms with Gasteiger partial charge in [-0.05, 0) is 34.2 Å². The molecular weight excluding hydrogens is 446 g/mol. The average Bonchev–Trinajstić information content (AvgIpc) is 3.37. The van der Waals surface area contributed by atoms with Gasteiger partial charge in [0.1, 0.15) is 18.1 Å². The molecule has 0 saturated carbocycles. The van der Waals surface area contributed by atoms with Gasteiger partial charge in [0.15, 0.2) is 0 Å². The molecule has 0 spiro atoms. The van der Waals surface area contributed by atoms with Gasteiger partial charge in [-0.25, -0.2) is 4.79 Å².